The number of rotatable bonds is 4. The van der Waals surface area contributed by atoms with Gasteiger partial charge in [0.1, 0.15) is 0 Å². The van der Waals surface area contributed by atoms with Crippen LogP contribution in [0.2, 0.25) is 0 Å². The zero-order valence-electron chi connectivity index (χ0n) is 12.9. The van der Waals surface area contributed by atoms with Gasteiger partial charge in [-0.15, -0.1) is 0 Å². The molecule has 1 saturated heterocycles. The first-order valence-electron chi connectivity index (χ1n) is 8.23. The van der Waals surface area contributed by atoms with Gasteiger partial charge >= 0.3 is 0 Å². The molecule has 0 spiro atoms. The van der Waals surface area contributed by atoms with Gasteiger partial charge in [0.2, 0.25) is 0 Å². The Morgan fingerprint density at radius 2 is 2.00 bits per heavy atom. The van der Waals surface area contributed by atoms with Gasteiger partial charge in [0.15, 0.2) is 0 Å². The summed E-state index contributed by atoms with van der Waals surface area (Å²) in [5.41, 5.74) is 3.03. The molecule has 1 atom stereocenters. The molecule has 0 bridgehead atoms. The van der Waals surface area contributed by atoms with E-state index < -0.39 is 0 Å². The Morgan fingerprint density at radius 3 is 2.75 bits per heavy atom. The molecule has 1 unspecified atom stereocenters. The van der Waals surface area contributed by atoms with E-state index in [0.717, 1.165) is 18.0 Å². The first-order valence-corrected chi connectivity index (χ1v) is 8.23. The normalized spacial score (nSPS) is 31.0. The fourth-order valence-electron chi connectivity index (χ4n) is 3.79. The molecule has 1 aliphatic heterocycles. The summed E-state index contributed by atoms with van der Waals surface area (Å²) in [4.78, 5) is 2.54. The predicted octanol–water partition coefficient (Wildman–Crippen LogP) is 3.31. The Morgan fingerprint density at radius 1 is 1.20 bits per heavy atom. The standard InChI is InChI=1S/C18H28N2/c1-14-7-3-4-9-18(14)15-11-16(12-15)19-13-17-8-5-6-10-20(17)2/h3-4,7,9,15-17,19H,5-6,8,10-13H2,1-2H3. The molecule has 2 fully saturated rings. The van der Waals surface area contributed by atoms with E-state index in [1.54, 1.807) is 5.56 Å². The molecule has 2 heteroatoms. The summed E-state index contributed by atoms with van der Waals surface area (Å²) in [6, 6.07) is 10.4. The summed E-state index contributed by atoms with van der Waals surface area (Å²) in [6.07, 6.45) is 6.80. The number of likely N-dealkylation sites (tertiary alicyclic amines) is 1. The number of aryl methyl sites for hydroxylation is 1. The van der Waals surface area contributed by atoms with E-state index in [4.69, 9.17) is 0 Å². The molecule has 1 N–H and O–H groups in total. The monoisotopic (exact) mass is 272 g/mol. The van der Waals surface area contributed by atoms with E-state index in [0.29, 0.717) is 0 Å². The first-order chi connectivity index (χ1) is 9.74. The van der Waals surface area contributed by atoms with E-state index in [1.165, 1.54) is 50.8 Å². The maximum Gasteiger partial charge on any atom is 0.0217 e. The summed E-state index contributed by atoms with van der Waals surface area (Å²) < 4.78 is 0. The molecule has 1 heterocycles. The summed E-state index contributed by atoms with van der Waals surface area (Å²) in [5.74, 6) is 0.790. The van der Waals surface area contributed by atoms with Crippen molar-refractivity contribution in [3.63, 3.8) is 0 Å². The first kappa shape index (κ1) is 14.1. The molecule has 1 aromatic carbocycles. The molecule has 0 amide bonds. The van der Waals surface area contributed by atoms with Crippen LogP contribution in [0.15, 0.2) is 24.3 Å². The number of nitrogens with zero attached hydrogens (tertiary/aromatic N) is 1. The molecule has 1 saturated carbocycles. The van der Waals surface area contributed by atoms with Crippen LogP contribution in [0.1, 0.15) is 49.1 Å². The van der Waals surface area contributed by atoms with Crippen LogP contribution in [-0.4, -0.2) is 37.1 Å². The molecule has 2 aliphatic rings. The van der Waals surface area contributed by atoms with Crippen LogP contribution in [0.3, 0.4) is 0 Å². The summed E-state index contributed by atoms with van der Waals surface area (Å²) >= 11 is 0. The van der Waals surface area contributed by atoms with Crippen molar-refractivity contribution in [2.24, 2.45) is 0 Å². The molecular weight excluding hydrogens is 244 g/mol. The van der Waals surface area contributed by atoms with Gasteiger partial charge in [-0.25, -0.2) is 0 Å². The third kappa shape index (κ3) is 3.07. The number of hydrogen-bond acceptors (Lipinski definition) is 2. The molecule has 20 heavy (non-hydrogen) atoms. The van der Waals surface area contributed by atoms with Crippen LogP contribution < -0.4 is 5.32 Å². The highest BCUT2D eigenvalue weighted by Gasteiger charge is 2.31. The highest BCUT2D eigenvalue weighted by molar-refractivity contribution is 5.31. The van der Waals surface area contributed by atoms with Crippen molar-refractivity contribution in [2.75, 3.05) is 20.1 Å². The zero-order valence-corrected chi connectivity index (χ0v) is 12.9. The molecule has 2 nitrogen and oxygen atoms in total. The van der Waals surface area contributed by atoms with Crippen molar-refractivity contribution < 1.29 is 0 Å². The number of benzene rings is 1. The highest BCUT2D eigenvalue weighted by atomic mass is 15.2. The lowest BCUT2D eigenvalue weighted by molar-refractivity contribution is 0.166. The molecule has 3 rings (SSSR count). The van der Waals surface area contributed by atoms with Crippen LogP contribution in [0.4, 0.5) is 0 Å². The average molecular weight is 272 g/mol. The van der Waals surface area contributed by atoms with Crippen molar-refractivity contribution in [3.05, 3.63) is 35.4 Å². The van der Waals surface area contributed by atoms with Crippen molar-refractivity contribution in [3.8, 4) is 0 Å². The zero-order chi connectivity index (χ0) is 13.9. The predicted molar refractivity (Wildman–Crippen MR) is 85.2 cm³/mol. The number of likely N-dealkylation sites (N-methyl/N-ethyl adjacent to an activating group) is 1. The van der Waals surface area contributed by atoms with E-state index in [-0.39, 0.29) is 0 Å². The molecule has 1 aliphatic carbocycles. The number of hydrogen-bond donors (Lipinski definition) is 1. The van der Waals surface area contributed by atoms with Gasteiger partial charge in [0, 0.05) is 18.6 Å². The quantitative estimate of drug-likeness (QED) is 0.904. The van der Waals surface area contributed by atoms with Crippen molar-refractivity contribution in [1.82, 2.24) is 10.2 Å². The van der Waals surface area contributed by atoms with E-state index >= 15 is 0 Å². The summed E-state index contributed by atoms with van der Waals surface area (Å²) in [5, 5.41) is 3.80. The lowest BCUT2D eigenvalue weighted by atomic mass is 9.74. The van der Waals surface area contributed by atoms with Crippen LogP contribution >= 0.6 is 0 Å². The maximum absolute atomic E-state index is 3.80. The Bertz CT molecular complexity index is 437. The maximum atomic E-state index is 3.80. The van der Waals surface area contributed by atoms with Gasteiger partial charge in [-0.3, -0.25) is 0 Å². The average Bonchev–Trinajstić information content (AvgIpc) is 2.41. The topological polar surface area (TPSA) is 15.3 Å². The van der Waals surface area contributed by atoms with Crippen LogP contribution in [0.25, 0.3) is 0 Å². The minimum atomic E-state index is 0.745. The molecule has 0 aromatic heterocycles. The Hall–Kier alpha value is -0.860. The lowest BCUT2D eigenvalue weighted by Gasteiger charge is -2.40. The molecule has 1 aromatic rings. The highest BCUT2D eigenvalue weighted by Crippen LogP contribution is 2.38. The molecule has 110 valence electrons. The summed E-state index contributed by atoms with van der Waals surface area (Å²) in [6.45, 7) is 4.71. The van der Waals surface area contributed by atoms with Gasteiger partial charge in [-0.05, 0) is 63.2 Å². The lowest BCUT2D eigenvalue weighted by Crippen LogP contribution is -2.48. The van der Waals surface area contributed by atoms with Crippen LogP contribution in [0.5, 0.6) is 0 Å². The van der Waals surface area contributed by atoms with Gasteiger partial charge in [-0.2, -0.15) is 0 Å². The van der Waals surface area contributed by atoms with Gasteiger partial charge in [0.05, 0.1) is 0 Å². The second-order valence-corrected chi connectivity index (χ2v) is 6.76. The van der Waals surface area contributed by atoms with Gasteiger partial charge in [0.25, 0.3) is 0 Å². The Kier molecular flexibility index (Phi) is 4.42. The van der Waals surface area contributed by atoms with Crippen LogP contribution in [0, 0.1) is 6.92 Å². The second kappa shape index (κ2) is 6.28. The fraction of sp³-hybridized carbons (Fsp3) is 0.667. The number of nitrogens with one attached hydrogen (secondary N) is 1. The molecular formula is C18H28N2. The largest absolute Gasteiger partial charge is 0.312 e. The van der Waals surface area contributed by atoms with Crippen molar-refractivity contribution in [1.29, 1.82) is 0 Å². The Labute approximate surface area is 123 Å². The van der Waals surface area contributed by atoms with Gasteiger partial charge < -0.3 is 10.2 Å². The van der Waals surface area contributed by atoms with E-state index in [9.17, 15) is 0 Å². The minimum absolute atomic E-state index is 0.745. The smallest absolute Gasteiger partial charge is 0.0217 e. The van der Waals surface area contributed by atoms with E-state index in [1.807, 2.05) is 0 Å². The number of piperidine rings is 1. The third-order valence-electron chi connectivity index (χ3n) is 5.33. The molecule has 0 radical (unpaired) electrons. The Balaban J connectivity index is 1.43. The third-order valence-corrected chi connectivity index (χ3v) is 5.33. The second-order valence-electron chi connectivity index (χ2n) is 6.76. The van der Waals surface area contributed by atoms with Crippen molar-refractivity contribution >= 4 is 0 Å². The fourth-order valence-corrected chi connectivity index (χ4v) is 3.79. The van der Waals surface area contributed by atoms with Crippen LogP contribution in [-0.2, 0) is 0 Å². The SMILES string of the molecule is Cc1ccccc1C1CC(NCC2CCCCN2C)C1. The minimum Gasteiger partial charge on any atom is -0.312 e. The summed E-state index contributed by atoms with van der Waals surface area (Å²) in [7, 11) is 2.28. The van der Waals surface area contributed by atoms with Crippen molar-refractivity contribution in [2.45, 2.75) is 57.0 Å². The van der Waals surface area contributed by atoms with Gasteiger partial charge in [-0.1, -0.05) is 30.7 Å². The van der Waals surface area contributed by atoms with E-state index in [2.05, 4.69) is 48.5 Å².